The average molecular weight is 439 g/mol. The predicted octanol–water partition coefficient (Wildman–Crippen LogP) is 3.85. The second-order valence-corrected chi connectivity index (χ2v) is 8.81. The molecule has 31 heavy (non-hydrogen) atoms. The van der Waals surface area contributed by atoms with Gasteiger partial charge in [0.2, 0.25) is 5.91 Å². The summed E-state index contributed by atoms with van der Waals surface area (Å²) in [5, 5.41) is 0.719. The molecular weight excluding hydrogens is 412 g/mol. The lowest BCUT2D eigenvalue weighted by molar-refractivity contribution is -0.117. The number of rotatable bonds is 5. The fourth-order valence-electron chi connectivity index (χ4n) is 4.63. The zero-order chi connectivity index (χ0) is 21.4. The maximum Gasteiger partial charge on any atom is 0.227 e. The number of benzene rings is 2. The van der Waals surface area contributed by atoms with Gasteiger partial charge < -0.3 is 14.2 Å². The first kappa shape index (κ1) is 20.5. The molecule has 3 aromatic rings. The molecular formula is C24H27ClN4O2. The van der Waals surface area contributed by atoms with Crippen LogP contribution < -0.4 is 4.90 Å². The van der Waals surface area contributed by atoms with E-state index in [0.29, 0.717) is 13.0 Å². The van der Waals surface area contributed by atoms with Crippen molar-refractivity contribution in [1.29, 1.82) is 0 Å². The highest BCUT2D eigenvalue weighted by atomic mass is 35.5. The molecule has 0 bridgehead atoms. The van der Waals surface area contributed by atoms with Crippen LogP contribution in [0.15, 0.2) is 42.5 Å². The van der Waals surface area contributed by atoms with Gasteiger partial charge in [0.1, 0.15) is 5.82 Å². The van der Waals surface area contributed by atoms with Gasteiger partial charge >= 0.3 is 0 Å². The molecule has 2 fully saturated rings. The smallest absolute Gasteiger partial charge is 0.227 e. The quantitative estimate of drug-likeness (QED) is 0.607. The number of aromatic nitrogens is 2. The number of hydrogen-bond donors (Lipinski definition) is 0. The summed E-state index contributed by atoms with van der Waals surface area (Å²) >= 11 is 6.18. The number of fused-ring (bicyclic) bond motifs is 1. The summed E-state index contributed by atoms with van der Waals surface area (Å²) in [5.74, 6) is 1.22. The van der Waals surface area contributed by atoms with Gasteiger partial charge in [0.05, 0.1) is 24.2 Å². The Hall–Kier alpha value is -2.41. The van der Waals surface area contributed by atoms with Gasteiger partial charge in [-0.15, -0.1) is 0 Å². The SMILES string of the molecule is Cc1cc(N2CC(c3nc4ccccc4n3CCN3CCOCC3)CC2=O)ccc1Cl. The molecule has 1 unspecified atom stereocenters. The van der Waals surface area contributed by atoms with E-state index in [-0.39, 0.29) is 11.8 Å². The highest BCUT2D eigenvalue weighted by Crippen LogP contribution is 2.34. The van der Waals surface area contributed by atoms with Gasteiger partial charge in [-0.2, -0.15) is 0 Å². The molecule has 0 N–H and O–H groups in total. The topological polar surface area (TPSA) is 50.6 Å². The van der Waals surface area contributed by atoms with E-state index in [4.69, 9.17) is 21.3 Å². The van der Waals surface area contributed by atoms with Gasteiger partial charge in [-0.3, -0.25) is 9.69 Å². The van der Waals surface area contributed by atoms with Gasteiger partial charge in [-0.25, -0.2) is 4.98 Å². The molecule has 1 aromatic heterocycles. The number of para-hydroxylation sites is 2. The third kappa shape index (κ3) is 4.07. The van der Waals surface area contributed by atoms with Crippen molar-refractivity contribution < 1.29 is 9.53 Å². The number of anilines is 1. The lowest BCUT2D eigenvalue weighted by Crippen LogP contribution is -2.38. The average Bonchev–Trinajstić information content (AvgIpc) is 3.35. The van der Waals surface area contributed by atoms with Crippen molar-refractivity contribution in [3.63, 3.8) is 0 Å². The van der Waals surface area contributed by atoms with Crippen molar-refractivity contribution >= 4 is 34.2 Å². The van der Waals surface area contributed by atoms with Crippen molar-refractivity contribution in [2.75, 3.05) is 44.3 Å². The minimum atomic E-state index is 0.0700. The molecule has 1 amide bonds. The van der Waals surface area contributed by atoms with E-state index in [2.05, 4.69) is 27.7 Å². The van der Waals surface area contributed by atoms with E-state index in [9.17, 15) is 4.79 Å². The Morgan fingerprint density at radius 3 is 2.74 bits per heavy atom. The summed E-state index contributed by atoms with van der Waals surface area (Å²) < 4.78 is 7.80. The molecule has 2 aromatic carbocycles. The Balaban J connectivity index is 1.42. The van der Waals surface area contributed by atoms with Gasteiger partial charge in [-0.05, 0) is 42.8 Å². The van der Waals surface area contributed by atoms with E-state index in [1.807, 2.05) is 36.1 Å². The summed E-state index contributed by atoms with van der Waals surface area (Å²) in [6, 6.07) is 14.0. The van der Waals surface area contributed by atoms with Gasteiger partial charge in [0.15, 0.2) is 0 Å². The predicted molar refractivity (Wildman–Crippen MR) is 123 cm³/mol. The first-order valence-electron chi connectivity index (χ1n) is 10.9. The van der Waals surface area contributed by atoms with Gasteiger partial charge in [-0.1, -0.05) is 23.7 Å². The molecule has 1 atom stereocenters. The molecule has 0 spiro atoms. The fourth-order valence-corrected chi connectivity index (χ4v) is 4.75. The second-order valence-electron chi connectivity index (χ2n) is 8.40. The van der Waals surface area contributed by atoms with Crippen LogP contribution in [0.1, 0.15) is 23.7 Å². The number of nitrogens with zero attached hydrogens (tertiary/aromatic N) is 4. The molecule has 3 heterocycles. The van der Waals surface area contributed by atoms with Crippen LogP contribution in [0, 0.1) is 6.92 Å². The van der Waals surface area contributed by atoms with Crippen molar-refractivity contribution in [2.45, 2.75) is 25.8 Å². The summed E-state index contributed by atoms with van der Waals surface area (Å²) in [4.78, 5) is 22.2. The normalized spacial score (nSPS) is 20.1. The van der Waals surface area contributed by atoms with Crippen LogP contribution in [0.5, 0.6) is 0 Å². The zero-order valence-corrected chi connectivity index (χ0v) is 18.5. The van der Waals surface area contributed by atoms with Crippen LogP contribution >= 0.6 is 11.6 Å². The van der Waals surface area contributed by atoms with Gasteiger partial charge in [0, 0.05) is 55.8 Å². The Bertz CT molecular complexity index is 1110. The second kappa shape index (κ2) is 8.61. The van der Waals surface area contributed by atoms with Crippen LogP contribution in [0.4, 0.5) is 5.69 Å². The lowest BCUT2D eigenvalue weighted by Gasteiger charge is -2.27. The first-order valence-corrected chi connectivity index (χ1v) is 11.3. The minimum Gasteiger partial charge on any atom is -0.379 e. The fraction of sp³-hybridized carbons (Fsp3) is 0.417. The third-order valence-corrected chi connectivity index (χ3v) is 6.80. The molecule has 0 aliphatic carbocycles. The molecule has 0 radical (unpaired) electrons. The number of aryl methyl sites for hydroxylation is 1. The number of imidazole rings is 1. The maximum atomic E-state index is 12.9. The molecule has 2 saturated heterocycles. The number of hydrogen-bond acceptors (Lipinski definition) is 4. The molecule has 2 aliphatic heterocycles. The van der Waals surface area contributed by atoms with E-state index < -0.39 is 0 Å². The van der Waals surface area contributed by atoms with E-state index >= 15 is 0 Å². The standard InChI is InChI=1S/C24H27ClN4O2/c1-17-14-19(6-7-20(17)25)29-16-18(15-23(29)30)24-26-21-4-2-3-5-22(21)28(24)9-8-27-10-12-31-13-11-27/h2-7,14,18H,8-13,15-16H2,1H3. The highest BCUT2D eigenvalue weighted by molar-refractivity contribution is 6.31. The number of amides is 1. The molecule has 0 saturated carbocycles. The van der Waals surface area contributed by atoms with Crippen molar-refractivity contribution in [3.8, 4) is 0 Å². The van der Waals surface area contributed by atoms with Crippen LogP contribution in [0.25, 0.3) is 11.0 Å². The molecule has 7 heteroatoms. The summed E-state index contributed by atoms with van der Waals surface area (Å²) in [5.41, 5.74) is 4.02. The largest absolute Gasteiger partial charge is 0.379 e. The van der Waals surface area contributed by atoms with E-state index in [1.165, 1.54) is 0 Å². The summed E-state index contributed by atoms with van der Waals surface area (Å²) in [7, 11) is 0. The monoisotopic (exact) mass is 438 g/mol. The van der Waals surface area contributed by atoms with E-state index in [0.717, 1.165) is 72.5 Å². The molecule has 5 rings (SSSR count). The van der Waals surface area contributed by atoms with Crippen molar-refractivity contribution in [3.05, 3.63) is 58.9 Å². The molecule has 6 nitrogen and oxygen atoms in total. The number of ether oxygens (including phenoxy) is 1. The van der Waals surface area contributed by atoms with Crippen LogP contribution in [0.2, 0.25) is 5.02 Å². The highest BCUT2D eigenvalue weighted by Gasteiger charge is 2.35. The number of carbonyl (C=O) groups is 1. The van der Waals surface area contributed by atoms with Crippen molar-refractivity contribution in [2.24, 2.45) is 0 Å². The summed E-state index contributed by atoms with van der Waals surface area (Å²) in [6.45, 7) is 7.95. The zero-order valence-electron chi connectivity index (χ0n) is 17.8. The van der Waals surface area contributed by atoms with Crippen LogP contribution in [-0.4, -0.2) is 59.8 Å². The van der Waals surface area contributed by atoms with E-state index in [1.54, 1.807) is 0 Å². The van der Waals surface area contributed by atoms with Gasteiger partial charge in [0.25, 0.3) is 0 Å². The minimum absolute atomic E-state index is 0.0700. The van der Waals surface area contributed by atoms with Crippen LogP contribution in [0.3, 0.4) is 0 Å². The first-order chi connectivity index (χ1) is 15.1. The van der Waals surface area contributed by atoms with Crippen molar-refractivity contribution in [1.82, 2.24) is 14.5 Å². The summed E-state index contributed by atoms with van der Waals surface area (Å²) in [6.07, 6.45) is 0.475. The Morgan fingerprint density at radius 2 is 1.94 bits per heavy atom. The number of morpholine rings is 1. The number of halogens is 1. The Kier molecular flexibility index (Phi) is 5.69. The molecule has 2 aliphatic rings. The molecule has 162 valence electrons. The lowest BCUT2D eigenvalue weighted by atomic mass is 10.1. The Morgan fingerprint density at radius 1 is 1.13 bits per heavy atom. The Labute approximate surface area is 187 Å². The number of carbonyl (C=O) groups excluding carboxylic acids is 1. The van der Waals surface area contributed by atoms with Crippen LogP contribution in [-0.2, 0) is 16.1 Å². The third-order valence-electron chi connectivity index (χ3n) is 6.37. The maximum absolute atomic E-state index is 12.9.